The molecule has 0 amide bonds. The summed E-state index contributed by atoms with van der Waals surface area (Å²) >= 11 is 0. The van der Waals surface area contributed by atoms with E-state index in [9.17, 15) is 0 Å². The van der Waals surface area contributed by atoms with Crippen LogP contribution in [0, 0.1) is 5.92 Å². The van der Waals surface area contributed by atoms with Crippen LogP contribution < -0.4 is 11.5 Å². The zero-order valence-electron chi connectivity index (χ0n) is 8.86. The van der Waals surface area contributed by atoms with Crippen molar-refractivity contribution in [2.75, 3.05) is 13.2 Å². The molecule has 2 unspecified atom stereocenters. The Hall–Kier alpha value is -1.03. The molecule has 2 atom stereocenters. The molecule has 0 aromatic carbocycles. The van der Waals surface area contributed by atoms with Gasteiger partial charge in [-0.3, -0.25) is 4.99 Å². The van der Waals surface area contributed by atoms with E-state index < -0.39 is 0 Å². The Morgan fingerprint density at radius 3 is 2.86 bits per heavy atom. The molecule has 1 rings (SSSR count). The number of hydrogen-bond acceptors (Lipinski definition) is 4. The van der Waals surface area contributed by atoms with Crippen molar-refractivity contribution in [3.8, 4) is 0 Å². The van der Waals surface area contributed by atoms with Crippen molar-refractivity contribution >= 4 is 5.71 Å². The van der Waals surface area contributed by atoms with Crippen LogP contribution in [0.1, 0.15) is 20.3 Å². The second-order valence-corrected chi connectivity index (χ2v) is 3.74. The van der Waals surface area contributed by atoms with Gasteiger partial charge < -0.3 is 16.2 Å². The molecule has 0 radical (unpaired) electrons. The van der Waals surface area contributed by atoms with Crippen LogP contribution in [0.2, 0.25) is 0 Å². The Labute approximate surface area is 85.0 Å². The van der Waals surface area contributed by atoms with Crippen LogP contribution in [-0.2, 0) is 4.74 Å². The standard InChI is InChI=1S/C10H19N3O/c1-7-6-14-4-3-10(7)13-8(2)9(12)5-11/h5,7,10H,3-4,6,11-12H2,1-2H3. The molecule has 1 fully saturated rings. The lowest BCUT2D eigenvalue weighted by Crippen LogP contribution is -2.29. The first-order chi connectivity index (χ1) is 6.65. The Morgan fingerprint density at radius 1 is 1.57 bits per heavy atom. The van der Waals surface area contributed by atoms with Crippen LogP contribution in [0.5, 0.6) is 0 Å². The van der Waals surface area contributed by atoms with Crippen LogP contribution in [0.4, 0.5) is 0 Å². The molecule has 80 valence electrons. The quantitative estimate of drug-likeness (QED) is 0.638. The molecule has 1 saturated heterocycles. The second kappa shape index (κ2) is 5.00. The van der Waals surface area contributed by atoms with Crippen molar-refractivity contribution in [2.24, 2.45) is 22.4 Å². The lowest BCUT2D eigenvalue weighted by Gasteiger charge is -2.26. The molecular weight excluding hydrogens is 178 g/mol. The van der Waals surface area contributed by atoms with Crippen LogP contribution >= 0.6 is 0 Å². The molecule has 0 aromatic heterocycles. The third-order valence-corrected chi connectivity index (χ3v) is 2.55. The van der Waals surface area contributed by atoms with Crippen LogP contribution in [0.15, 0.2) is 16.9 Å². The fourth-order valence-corrected chi connectivity index (χ4v) is 1.50. The van der Waals surface area contributed by atoms with E-state index in [-0.39, 0.29) is 0 Å². The summed E-state index contributed by atoms with van der Waals surface area (Å²) in [6.45, 7) is 5.61. The Morgan fingerprint density at radius 2 is 2.29 bits per heavy atom. The summed E-state index contributed by atoms with van der Waals surface area (Å²) in [6, 6.07) is 0.322. The van der Waals surface area contributed by atoms with Crippen molar-refractivity contribution in [3.63, 3.8) is 0 Å². The van der Waals surface area contributed by atoms with Gasteiger partial charge in [-0.1, -0.05) is 6.92 Å². The van der Waals surface area contributed by atoms with Gasteiger partial charge in [-0.15, -0.1) is 0 Å². The minimum atomic E-state index is 0.322. The Bertz CT molecular complexity index is 248. The van der Waals surface area contributed by atoms with E-state index in [4.69, 9.17) is 16.2 Å². The summed E-state index contributed by atoms with van der Waals surface area (Å²) in [5, 5.41) is 0. The summed E-state index contributed by atoms with van der Waals surface area (Å²) in [7, 11) is 0. The highest BCUT2D eigenvalue weighted by Gasteiger charge is 2.21. The third kappa shape index (κ3) is 2.73. The van der Waals surface area contributed by atoms with Gasteiger partial charge in [0.05, 0.1) is 24.1 Å². The van der Waals surface area contributed by atoms with Crippen LogP contribution in [0.25, 0.3) is 0 Å². The highest BCUT2D eigenvalue weighted by molar-refractivity contribution is 5.97. The predicted octanol–water partition coefficient (Wildman–Crippen LogP) is 0.631. The predicted molar refractivity (Wildman–Crippen MR) is 58.0 cm³/mol. The minimum absolute atomic E-state index is 0.322. The van der Waals surface area contributed by atoms with Crippen LogP contribution in [-0.4, -0.2) is 25.0 Å². The van der Waals surface area contributed by atoms with Gasteiger partial charge in [0.15, 0.2) is 0 Å². The van der Waals surface area contributed by atoms with E-state index in [1.54, 1.807) is 0 Å². The topological polar surface area (TPSA) is 73.6 Å². The first kappa shape index (κ1) is 11.0. The summed E-state index contributed by atoms with van der Waals surface area (Å²) < 4.78 is 5.34. The largest absolute Gasteiger partial charge is 0.403 e. The van der Waals surface area contributed by atoms with E-state index >= 15 is 0 Å². The average Bonchev–Trinajstić information content (AvgIpc) is 2.20. The summed E-state index contributed by atoms with van der Waals surface area (Å²) in [6.07, 6.45) is 2.36. The molecule has 0 bridgehead atoms. The molecule has 0 aliphatic carbocycles. The lowest BCUT2D eigenvalue weighted by atomic mass is 9.98. The molecule has 0 aromatic rings. The van der Waals surface area contributed by atoms with Crippen molar-refractivity contribution in [1.29, 1.82) is 0 Å². The molecule has 0 saturated carbocycles. The highest BCUT2D eigenvalue weighted by Crippen LogP contribution is 2.17. The van der Waals surface area contributed by atoms with Gasteiger partial charge in [0.2, 0.25) is 0 Å². The maximum Gasteiger partial charge on any atom is 0.0682 e. The van der Waals surface area contributed by atoms with Crippen molar-refractivity contribution in [2.45, 2.75) is 26.3 Å². The second-order valence-electron chi connectivity index (χ2n) is 3.74. The average molecular weight is 197 g/mol. The van der Waals surface area contributed by atoms with Gasteiger partial charge in [0.25, 0.3) is 0 Å². The number of aliphatic imine (C=N–C) groups is 1. The van der Waals surface area contributed by atoms with Gasteiger partial charge in [-0.2, -0.15) is 0 Å². The lowest BCUT2D eigenvalue weighted by molar-refractivity contribution is 0.0497. The molecule has 0 spiro atoms. The van der Waals surface area contributed by atoms with Gasteiger partial charge in [-0.25, -0.2) is 0 Å². The Kier molecular flexibility index (Phi) is 3.95. The van der Waals surface area contributed by atoms with Gasteiger partial charge in [-0.05, 0) is 13.3 Å². The molecule has 1 aliphatic heterocycles. The minimum Gasteiger partial charge on any atom is -0.403 e. The molecule has 4 nitrogen and oxygen atoms in total. The van der Waals surface area contributed by atoms with Crippen LogP contribution in [0.3, 0.4) is 0 Å². The molecule has 4 N–H and O–H groups in total. The van der Waals surface area contributed by atoms with Gasteiger partial charge >= 0.3 is 0 Å². The third-order valence-electron chi connectivity index (χ3n) is 2.55. The van der Waals surface area contributed by atoms with E-state index in [0.29, 0.717) is 17.7 Å². The van der Waals surface area contributed by atoms with Gasteiger partial charge in [0.1, 0.15) is 0 Å². The first-order valence-corrected chi connectivity index (χ1v) is 4.95. The monoisotopic (exact) mass is 197 g/mol. The van der Waals surface area contributed by atoms with Crippen molar-refractivity contribution in [3.05, 3.63) is 11.9 Å². The van der Waals surface area contributed by atoms with Crippen molar-refractivity contribution < 1.29 is 4.74 Å². The fourth-order valence-electron chi connectivity index (χ4n) is 1.50. The van der Waals surface area contributed by atoms with E-state index in [1.807, 2.05) is 6.92 Å². The first-order valence-electron chi connectivity index (χ1n) is 4.95. The molecule has 4 heteroatoms. The molecular formula is C10H19N3O. The zero-order valence-corrected chi connectivity index (χ0v) is 8.86. The maximum atomic E-state index is 5.65. The van der Waals surface area contributed by atoms with E-state index in [1.165, 1.54) is 6.20 Å². The van der Waals surface area contributed by atoms with Gasteiger partial charge in [0, 0.05) is 18.7 Å². The summed E-state index contributed by atoms with van der Waals surface area (Å²) in [5.41, 5.74) is 12.4. The summed E-state index contributed by atoms with van der Waals surface area (Å²) in [5.74, 6) is 0.462. The number of nitrogens with zero attached hydrogens (tertiary/aromatic N) is 1. The SMILES string of the molecule is CC(=NC1CCOCC1C)C(N)=CN. The smallest absolute Gasteiger partial charge is 0.0682 e. The molecule has 14 heavy (non-hydrogen) atoms. The van der Waals surface area contributed by atoms with Crippen molar-refractivity contribution in [1.82, 2.24) is 0 Å². The maximum absolute atomic E-state index is 5.65. The van der Waals surface area contributed by atoms with E-state index in [0.717, 1.165) is 25.3 Å². The molecule has 1 heterocycles. The zero-order chi connectivity index (χ0) is 10.6. The number of nitrogens with two attached hydrogens (primary N) is 2. The number of ether oxygens (including phenoxy) is 1. The molecule has 1 aliphatic rings. The number of rotatable bonds is 2. The number of allylic oxidation sites excluding steroid dienone is 1. The van der Waals surface area contributed by atoms with E-state index in [2.05, 4.69) is 11.9 Å². The summed E-state index contributed by atoms with van der Waals surface area (Å²) in [4.78, 5) is 4.55. The fraction of sp³-hybridized carbons (Fsp3) is 0.700. The number of hydrogen-bond donors (Lipinski definition) is 2. The normalized spacial score (nSPS) is 30.4. The Balaban J connectivity index is 2.64. The highest BCUT2D eigenvalue weighted by atomic mass is 16.5.